The van der Waals surface area contributed by atoms with E-state index in [-0.39, 0.29) is 0 Å². The van der Waals surface area contributed by atoms with Crippen molar-refractivity contribution in [2.45, 2.75) is 38.3 Å². The molecule has 0 radical (unpaired) electrons. The lowest BCUT2D eigenvalue weighted by atomic mass is 9.86. The van der Waals surface area contributed by atoms with Crippen molar-refractivity contribution in [1.29, 1.82) is 0 Å². The molecule has 3 aromatic rings. The van der Waals surface area contributed by atoms with E-state index in [0.29, 0.717) is 6.04 Å². The molecule has 0 spiro atoms. The van der Waals surface area contributed by atoms with E-state index in [1.54, 1.807) is 11.3 Å². The number of para-hydroxylation sites is 1. The molecule has 7 heteroatoms. The molecule has 0 bridgehead atoms. The molecule has 1 saturated carbocycles. The van der Waals surface area contributed by atoms with E-state index in [4.69, 9.17) is 9.97 Å². The van der Waals surface area contributed by atoms with E-state index >= 15 is 0 Å². The van der Waals surface area contributed by atoms with Gasteiger partial charge < -0.3 is 15.5 Å². The zero-order valence-corrected chi connectivity index (χ0v) is 17.4. The van der Waals surface area contributed by atoms with Gasteiger partial charge in [0, 0.05) is 43.6 Å². The van der Waals surface area contributed by atoms with Gasteiger partial charge in [-0.05, 0) is 50.3 Å². The van der Waals surface area contributed by atoms with Gasteiger partial charge in [0.15, 0.2) is 0 Å². The van der Waals surface area contributed by atoms with Crippen LogP contribution in [-0.4, -0.2) is 41.6 Å². The number of rotatable bonds is 7. The summed E-state index contributed by atoms with van der Waals surface area (Å²) in [7, 11) is 4.06. The van der Waals surface area contributed by atoms with Crippen molar-refractivity contribution in [3.63, 3.8) is 0 Å². The maximum Gasteiger partial charge on any atom is 0.225 e. The van der Waals surface area contributed by atoms with Gasteiger partial charge >= 0.3 is 0 Å². The second-order valence-corrected chi connectivity index (χ2v) is 8.68. The molecule has 0 saturated heterocycles. The van der Waals surface area contributed by atoms with Crippen LogP contribution in [0.15, 0.2) is 35.8 Å². The summed E-state index contributed by atoms with van der Waals surface area (Å²) in [5, 5.41) is 11.4. The molecule has 4 rings (SSSR count). The summed E-state index contributed by atoms with van der Waals surface area (Å²) in [5.74, 6) is 2.45. The lowest BCUT2D eigenvalue weighted by Crippen LogP contribution is -2.31. The van der Waals surface area contributed by atoms with Crippen LogP contribution in [0.5, 0.6) is 0 Å². The molecule has 148 valence electrons. The maximum absolute atomic E-state index is 4.78. The molecule has 1 fully saturated rings. The van der Waals surface area contributed by atoms with Gasteiger partial charge in [0.25, 0.3) is 0 Å². The van der Waals surface area contributed by atoms with Gasteiger partial charge in [0.2, 0.25) is 5.95 Å². The van der Waals surface area contributed by atoms with Crippen molar-refractivity contribution in [2.24, 2.45) is 5.92 Å². The topological polar surface area (TPSA) is 66.0 Å². The van der Waals surface area contributed by atoms with E-state index in [1.807, 2.05) is 37.8 Å². The van der Waals surface area contributed by atoms with Crippen molar-refractivity contribution in [3.05, 3.63) is 40.8 Å². The summed E-state index contributed by atoms with van der Waals surface area (Å²) in [5.41, 5.74) is 0.990. The van der Waals surface area contributed by atoms with Crippen molar-refractivity contribution in [3.8, 4) is 0 Å². The average molecular weight is 397 g/mol. The summed E-state index contributed by atoms with van der Waals surface area (Å²) in [6.45, 7) is 1.96. The first-order chi connectivity index (χ1) is 13.7. The molecule has 1 aliphatic carbocycles. The highest BCUT2D eigenvalue weighted by Crippen LogP contribution is 2.28. The van der Waals surface area contributed by atoms with E-state index in [9.17, 15) is 0 Å². The van der Waals surface area contributed by atoms with Crippen LogP contribution < -0.4 is 15.5 Å². The summed E-state index contributed by atoms with van der Waals surface area (Å²) in [4.78, 5) is 15.9. The standard InChI is InChI=1S/C21H28N6S/c1-27(2)20-17-5-3-4-6-18(17)25-21(26-20)24-16-9-7-15(8-10-16)13-22-14-19-23-11-12-28-19/h3-6,11-12,15-16,22H,7-10,13-14H2,1-2H3,(H,24,25,26). The number of benzene rings is 1. The molecule has 1 aromatic carbocycles. The molecule has 0 unspecified atom stereocenters. The third kappa shape index (κ3) is 4.59. The molecule has 1 aliphatic rings. The van der Waals surface area contributed by atoms with Gasteiger partial charge in [-0.15, -0.1) is 11.3 Å². The minimum atomic E-state index is 0.450. The Hall–Kier alpha value is -2.25. The Morgan fingerprint density at radius 3 is 2.68 bits per heavy atom. The quantitative estimate of drug-likeness (QED) is 0.631. The van der Waals surface area contributed by atoms with Crippen molar-refractivity contribution >= 4 is 34.0 Å². The predicted octanol–water partition coefficient (Wildman–Crippen LogP) is 3.91. The summed E-state index contributed by atoms with van der Waals surface area (Å²) < 4.78 is 0. The SMILES string of the molecule is CN(C)c1nc(NC2CCC(CNCc3nccs3)CC2)nc2ccccc12. The predicted molar refractivity (Wildman–Crippen MR) is 117 cm³/mol. The highest BCUT2D eigenvalue weighted by Gasteiger charge is 2.22. The molecule has 0 aliphatic heterocycles. The fourth-order valence-electron chi connectivity index (χ4n) is 3.88. The Morgan fingerprint density at radius 2 is 1.93 bits per heavy atom. The molecule has 28 heavy (non-hydrogen) atoms. The number of hydrogen-bond acceptors (Lipinski definition) is 7. The fourth-order valence-corrected chi connectivity index (χ4v) is 4.47. The van der Waals surface area contributed by atoms with Gasteiger partial charge in [0.1, 0.15) is 10.8 Å². The van der Waals surface area contributed by atoms with Crippen LogP contribution in [0.3, 0.4) is 0 Å². The second-order valence-electron chi connectivity index (χ2n) is 7.70. The molecule has 2 aromatic heterocycles. The Balaban J connectivity index is 1.32. The van der Waals surface area contributed by atoms with Gasteiger partial charge in [-0.3, -0.25) is 0 Å². The second kappa shape index (κ2) is 8.84. The third-order valence-corrected chi connectivity index (χ3v) is 6.16. The zero-order valence-electron chi connectivity index (χ0n) is 16.6. The fraction of sp³-hybridized carbons (Fsp3) is 0.476. The number of nitrogens with one attached hydrogen (secondary N) is 2. The number of nitrogens with zero attached hydrogens (tertiary/aromatic N) is 4. The van der Waals surface area contributed by atoms with Crippen LogP contribution in [0.25, 0.3) is 10.9 Å². The van der Waals surface area contributed by atoms with Crippen LogP contribution in [-0.2, 0) is 6.54 Å². The average Bonchev–Trinajstić information content (AvgIpc) is 3.22. The van der Waals surface area contributed by atoms with Gasteiger partial charge in [-0.2, -0.15) is 4.98 Å². The first-order valence-electron chi connectivity index (χ1n) is 9.99. The third-order valence-electron chi connectivity index (χ3n) is 5.38. The van der Waals surface area contributed by atoms with Crippen LogP contribution in [0.1, 0.15) is 30.7 Å². The molecular formula is C21H28N6S. The monoisotopic (exact) mass is 396 g/mol. The molecule has 0 amide bonds. The molecule has 2 heterocycles. The van der Waals surface area contributed by atoms with E-state index in [2.05, 4.69) is 32.7 Å². The maximum atomic E-state index is 4.78. The zero-order chi connectivity index (χ0) is 19.3. The van der Waals surface area contributed by atoms with Crippen LogP contribution in [0.4, 0.5) is 11.8 Å². The minimum absolute atomic E-state index is 0.450. The van der Waals surface area contributed by atoms with Gasteiger partial charge in [-0.1, -0.05) is 12.1 Å². The van der Waals surface area contributed by atoms with E-state index in [1.165, 1.54) is 17.8 Å². The Bertz CT molecular complexity index is 887. The molecule has 0 atom stereocenters. The molecule has 2 N–H and O–H groups in total. The summed E-state index contributed by atoms with van der Waals surface area (Å²) >= 11 is 1.71. The van der Waals surface area contributed by atoms with Crippen molar-refractivity contribution < 1.29 is 0 Å². The normalized spacial score (nSPS) is 19.6. The number of hydrogen-bond donors (Lipinski definition) is 2. The lowest BCUT2D eigenvalue weighted by Gasteiger charge is -2.29. The highest BCUT2D eigenvalue weighted by atomic mass is 32.1. The number of fused-ring (bicyclic) bond motifs is 1. The number of anilines is 2. The van der Waals surface area contributed by atoms with Crippen LogP contribution in [0, 0.1) is 5.92 Å². The van der Waals surface area contributed by atoms with Crippen molar-refractivity contribution in [2.75, 3.05) is 30.9 Å². The molecule has 6 nitrogen and oxygen atoms in total. The summed E-state index contributed by atoms with van der Waals surface area (Å²) in [6.07, 6.45) is 6.66. The van der Waals surface area contributed by atoms with Crippen molar-refractivity contribution in [1.82, 2.24) is 20.3 Å². The van der Waals surface area contributed by atoms with E-state index < -0.39 is 0 Å². The molecular weight excluding hydrogens is 368 g/mol. The van der Waals surface area contributed by atoms with Crippen LogP contribution in [0.2, 0.25) is 0 Å². The Labute approximate surface area is 170 Å². The lowest BCUT2D eigenvalue weighted by molar-refractivity contribution is 0.323. The Kier molecular flexibility index (Phi) is 6.02. The number of aromatic nitrogens is 3. The minimum Gasteiger partial charge on any atom is -0.362 e. The van der Waals surface area contributed by atoms with Gasteiger partial charge in [-0.25, -0.2) is 9.97 Å². The van der Waals surface area contributed by atoms with Crippen LogP contribution >= 0.6 is 11.3 Å². The van der Waals surface area contributed by atoms with E-state index in [0.717, 1.165) is 54.5 Å². The first-order valence-corrected chi connectivity index (χ1v) is 10.9. The summed E-state index contributed by atoms with van der Waals surface area (Å²) in [6, 6.07) is 8.66. The first kappa shape index (κ1) is 19.1. The largest absolute Gasteiger partial charge is 0.362 e. The number of thiazole rings is 1. The smallest absolute Gasteiger partial charge is 0.225 e. The van der Waals surface area contributed by atoms with Gasteiger partial charge in [0.05, 0.1) is 5.52 Å². The highest BCUT2D eigenvalue weighted by molar-refractivity contribution is 7.09. The Morgan fingerprint density at radius 1 is 1.11 bits per heavy atom.